The van der Waals surface area contributed by atoms with Crippen LogP contribution in [0.15, 0.2) is 48.8 Å². The number of ether oxygens (including phenoxy) is 1. The van der Waals surface area contributed by atoms with E-state index in [1.165, 1.54) is 18.1 Å². The lowest BCUT2D eigenvalue weighted by atomic mass is 9.74. The fraction of sp³-hybridized carbons (Fsp3) is 0.292. The number of hydrogen-bond acceptors (Lipinski definition) is 4. The van der Waals surface area contributed by atoms with Crippen molar-refractivity contribution in [3.8, 4) is 5.75 Å². The maximum atomic E-state index is 14.3. The van der Waals surface area contributed by atoms with Gasteiger partial charge in [0.1, 0.15) is 11.6 Å². The molecule has 1 aromatic heterocycles. The van der Waals surface area contributed by atoms with E-state index < -0.39 is 11.8 Å². The minimum atomic E-state index is -0.540. The molecule has 3 unspecified atom stereocenters. The van der Waals surface area contributed by atoms with E-state index >= 15 is 0 Å². The second-order valence-corrected chi connectivity index (χ2v) is 8.62. The van der Waals surface area contributed by atoms with Gasteiger partial charge in [-0.05, 0) is 36.8 Å². The third-order valence-corrected chi connectivity index (χ3v) is 6.89. The maximum absolute atomic E-state index is 14.3. The number of benzene rings is 2. The second kappa shape index (κ2) is 8.06. The Kier molecular flexibility index (Phi) is 5.21. The molecule has 8 heteroatoms. The van der Waals surface area contributed by atoms with Crippen LogP contribution in [0.25, 0.3) is 10.8 Å². The summed E-state index contributed by atoms with van der Waals surface area (Å²) >= 11 is 6.25. The normalized spacial score (nSPS) is 23.1. The Bertz CT molecular complexity index is 1230. The van der Waals surface area contributed by atoms with Crippen LogP contribution < -0.4 is 15.0 Å². The van der Waals surface area contributed by atoms with Crippen LogP contribution in [0.3, 0.4) is 0 Å². The third kappa shape index (κ3) is 3.37. The molecule has 0 spiro atoms. The van der Waals surface area contributed by atoms with E-state index in [-0.39, 0.29) is 28.8 Å². The monoisotopic (exact) mass is 453 g/mol. The van der Waals surface area contributed by atoms with Crippen molar-refractivity contribution >= 4 is 40.0 Å². The van der Waals surface area contributed by atoms with Gasteiger partial charge in [-0.1, -0.05) is 35.9 Å². The number of urea groups is 1. The summed E-state index contributed by atoms with van der Waals surface area (Å²) in [5.41, 5.74) is 1.12. The molecule has 2 aliphatic rings. The fourth-order valence-corrected chi connectivity index (χ4v) is 5.17. The second-order valence-electron chi connectivity index (χ2n) is 8.24. The molecule has 0 bridgehead atoms. The molecule has 1 N–H and O–H groups in total. The third-order valence-electron chi connectivity index (χ3n) is 6.49. The number of fused-ring (bicyclic) bond motifs is 2. The predicted molar refractivity (Wildman–Crippen MR) is 120 cm³/mol. The number of anilines is 1. The van der Waals surface area contributed by atoms with E-state index in [2.05, 4.69) is 10.3 Å². The Morgan fingerprint density at radius 3 is 2.81 bits per heavy atom. The molecular formula is C24H21ClFN3O3. The average molecular weight is 454 g/mol. The molecule has 2 heterocycles. The van der Waals surface area contributed by atoms with E-state index in [0.717, 1.165) is 10.8 Å². The summed E-state index contributed by atoms with van der Waals surface area (Å²) in [5, 5.41) is 4.70. The van der Waals surface area contributed by atoms with Gasteiger partial charge < -0.3 is 10.1 Å². The molecule has 3 aromatic rings. The first-order chi connectivity index (χ1) is 15.5. The highest BCUT2D eigenvalue weighted by atomic mass is 35.5. The minimum absolute atomic E-state index is 0.0613. The summed E-state index contributed by atoms with van der Waals surface area (Å²) in [6.45, 7) is 0. The highest BCUT2D eigenvalue weighted by molar-refractivity contribution is 6.31. The van der Waals surface area contributed by atoms with Crippen LogP contribution in [0.2, 0.25) is 5.02 Å². The molecule has 3 amide bonds. The number of rotatable bonds is 3. The van der Waals surface area contributed by atoms with Gasteiger partial charge in [0.05, 0.1) is 29.9 Å². The van der Waals surface area contributed by atoms with Crippen LogP contribution in [0.4, 0.5) is 14.9 Å². The number of halogens is 2. The highest BCUT2D eigenvalue weighted by Crippen LogP contribution is 2.43. The fourth-order valence-electron chi connectivity index (χ4n) is 4.90. The number of pyridine rings is 1. The van der Waals surface area contributed by atoms with E-state index in [4.69, 9.17) is 16.3 Å². The van der Waals surface area contributed by atoms with Crippen LogP contribution in [-0.4, -0.2) is 30.1 Å². The lowest BCUT2D eigenvalue weighted by molar-refractivity contribution is -0.124. The van der Waals surface area contributed by atoms with Crippen molar-refractivity contribution in [1.29, 1.82) is 0 Å². The minimum Gasteiger partial charge on any atom is -0.497 e. The molecule has 5 rings (SSSR count). The van der Waals surface area contributed by atoms with Crippen LogP contribution in [-0.2, 0) is 4.79 Å². The SMILES string of the molecule is COc1cc(F)c(Cl)c(C2CCC3C(=O)N(c4cncc5ccccc45)C(=O)NC3C2)c1. The van der Waals surface area contributed by atoms with Crippen molar-refractivity contribution in [1.82, 2.24) is 10.3 Å². The van der Waals surface area contributed by atoms with E-state index in [1.54, 1.807) is 18.5 Å². The number of imide groups is 1. The van der Waals surface area contributed by atoms with Gasteiger partial charge in [-0.3, -0.25) is 9.78 Å². The molecule has 32 heavy (non-hydrogen) atoms. The Labute approximate surface area is 189 Å². The summed E-state index contributed by atoms with van der Waals surface area (Å²) in [7, 11) is 1.47. The van der Waals surface area contributed by atoms with Gasteiger partial charge in [0.25, 0.3) is 0 Å². The summed E-state index contributed by atoms with van der Waals surface area (Å²) in [5.74, 6) is -0.841. The first kappa shape index (κ1) is 20.7. The van der Waals surface area contributed by atoms with Crippen LogP contribution in [0.1, 0.15) is 30.7 Å². The van der Waals surface area contributed by atoms with Gasteiger partial charge in [0.2, 0.25) is 5.91 Å². The summed E-state index contributed by atoms with van der Waals surface area (Å²) in [6, 6.07) is 9.67. The molecule has 0 radical (unpaired) electrons. The van der Waals surface area contributed by atoms with Crippen molar-refractivity contribution in [2.24, 2.45) is 5.92 Å². The summed E-state index contributed by atoms with van der Waals surface area (Å²) in [6.07, 6.45) is 4.95. The largest absolute Gasteiger partial charge is 0.497 e. The predicted octanol–water partition coefficient (Wildman–Crippen LogP) is 5.04. The maximum Gasteiger partial charge on any atom is 0.329 e. The zero-order valence-electron chi connectivity index (χ0n) is 17.3. The van der Waals surface area contributed by atoms with Gasteiger partial charge in [0, 0.05) is 29.1 Å². The van der Waals surface area contributed by atoms with Gasteiger partial charge in [-0.15, -0.1) is 0 Å². The van der Waals surface area contributed by atoms with Crippen molar-refractivity contribution < 1.29 is 18.7 Å². The van der Waals surface area contributed by atoms with Crippen molar-refractivity contribution in [2.75, 3.05) is 12.0 Å². The van der Waals surface area contributed by atoms with Gasteiger partial charge in [-0.2, -0.15) is 0 Å². The van der Waals surface area contributed by atoms with Crippen LogP contribution in [0.5, 0.6) is 5.75 Å². The number of hydrogen-bond donors (Lipinski definition) is 1. The Morgan fingerprint density at radius 2 is 2.00 bits per heavy atom. The number of amides is 3. The first-order valence-corrected chi connectivity index (χ1v) is 10.9. The molecule has 1 saturated heterocycles. The number of carbonyl (C=O) groups is 2. The highest BCUT2D eigenvalue weighted by Gasteiger charge is 2.45. The quantitative estimate of drug-likeness (QED) is 0.602. The van der Waals surface area contributed by atoms with E-state index in [0.29, 0.717) is 36.3 Å². The van der Waals surface area contributed by atoms with Crippen molar-refractivity contribution in [3.05, 3.63) is 65.2 Å². The molecule has 3 atom stereocenters. The zero-order valence-corrected chi connectivity index (χ0v) is 18.1. The van der Waals surface area contributed by atoms with Crippen molar-refractivity contribution in [2.45, 2.75) is 31.2 Å². The van der Waals surface area contributed by atoms with E-state index in [9.17, 15) is 14.0 Å². The summed E-state index contributed by atoms with van der Waals surface area (Å²) in [4.78, 5) is 31.9. The molecule has 2 fully saturated rings. The van der Waals surface area contributed by atoms with E-state index in [1.807, 2.05) is 24.3 Å². The standard InChI is InChI=1S/C24H21ClFN3O3/c1-32-15-9-18(22(25)19(26)10-15)13-6-7-17-20(8-13)28-24(31)29(23(17)30)21-12-27-11-14-4-2-3-5-16(14)21/h2-5,9-13,17,20H,6-8H2,1H3,(H,28,31). The topological polar surface area (TPSA) is 71.5 Å². The molecule has 2 aromatic carbocycles. The lowest BCUT2D eigenvalue weighted by Gasteiger charge is -2.42. The molecule has 1 aliphatic heterocycles. The zero-order chi connectivity index (χ0) is 22.4. The number of aromatic nitrogens is 1. The lowest BCUT2D eigenvalue weighted by Crippen LogP contribution is -2.61. The average Bonchev–Trinajstić information content (AvgIpc) is 2.80. The number of methoxy groups -OCH3 is 1. The molecular weight excluding hydrogens is 433 g/mol. The Hall–Kier alpha value is -3.19. The number of nitrogens with zero attached hydrogens (tertiary/aromatic N) is 2. The number of nitrogens with one attached hydrogen (secondary N) is 1. The van der Waals surface area contributed by atoms with Gasteiger partial charge in [-0.25, -0.2) is 14.1 Å². The summed E-state index contributed by atoms with van der Waals surface area (Å²) < 4.78 is 19.4. The molecule has 1 saturated carbocycles. The smallest absolute Gasteiger partial charge is 0.329 e. The first-order valence-electron chi connectivity index (χ1n) is 10.5. The molecule has 164 valence electrons. The Morgan fingerprint density at radius 1 is 1.19 bits per heavy atom. The van der Waals surface area contributed by atoms with Crippen LogP contribution in [0, 0.1) is 11.7 Å². The molecule has 6 nitrogen and oxygen atoms in total. The molecule has 1 aliphatic carbocycles. The van der Waals surface area contributed by atoms with Gasteiger partial charge in [0.15, 0.2) is 0 Å². The Balaban J connectivity index is 1.44. The number of carbonyl (C=O) groups excluding carboxylic acids is 2. The van der Waals surface area contributed by atoms with Crippen LogP contribution >= 0.6 is 11.6 Å². The van der Waals surface area contributed by atoms with Crippen molar-refractivity contribution in [3.63, 3.8) is 0 Å². The van der Waals surface area contributed by atoms with Gasteiger partial charge >= 0.3 is 6.03 Å².